The number of hydrogen-bond acceptors (Lipinski definition) is 3. The molecule has 4 heteroatoms. The summed E-state index contributed by atoms with van der Waals surface area (Å²) in [6, 6.07) is 12.1. The Balaban J connectivity index is 1.65. The highest BCUT2D eigenvalue weighted by Crippen LogP contribution is 2.08. The van der Waals surface area contributed by atoms with Crippen LogP contribution >= 0.6 is 11.3 Å². The van der Waals surface area contributed by atoms with Crippen molar-refractivity contribution in [3.05, 3.63) is 52.2 Å². The van der Waals surface area contributed by atoms with E-state index in [4.69, 9.17) is 0 Å². The Kier molecular flexibility index (Phi) is 4.98. The quantitative estimate of drug-likeness (QED) is 0.850. The van der Waals surface area contributed by atoms with Crippen molar-refractivity contribution in [3.8, 4) is 0 Å². The van der Waals surface area contributed by atoms with Crippen LogP contribution in [0.4, 0.5) is 5.69 Å². The van der Waals surface area contributed by atoms with Gasteiger partial charge in [-0.2, -0.15) is 0 Å². The molecular weight excluding hydrogens is 256 g/mol. The van der Waals surface area contributed by atoms with Crippen LogP contribution in [0.2, 0.25) is 0 Å². The number of thiophene rings is 1. The molecule has 1 heterocycles. The third-order valence-corrected chi connectivity index (χ3v) is 3.71. The smallest absolute Gasteiger partial charge is 0.239 e. The van der Waals surface area contributed by atoms with Crippen molar-refractivity contribution < 1.29 is 4.79 Å². The van der Waals surface area contributed by atoms with Crippen LogP contribution in [0.3, 0.4) is 0 Å². The second-order valence-electron chi connectivity index (χ2n) is 4.40. The number of nitrogens with one attached hydrogen (secondary N) is 2. The van der Waals surface area contributed by atoms with Crippen LogP contribution < -0.4 is 10.6 Å². The zero-order valence-corrected chi connectivity index (χ0v) is 11.8. The first-order valence-electron chi connectivity index (χ1n) is 6.33. The lowest BCUT2D eigenvalue weighted by Gasteiger charge is -2.07. The lowest BCUT2D eigenvalue weighted by Crippen LogP contribution is -2.31. The van der Waals surface area contributed by atoms with E-state index in [0.29, 0.717) is 13.1 Å². The summed E-state index contributed by atoms with van der Waals surface area (Å²) in [5.41, 5.74) is 2.19. The number of carbonyl (C=O) groups excluding carboxylic acids is 1. The van der Waals surface area contributed by atoms with Gasteiger partial charge in [-0.1, -0.05) is 23.8 Å². The first-order valence-corrected chi connectivity index (χ1v) is 7.21. The van der Waals surface area contributed by atoms with Gasteiger partial charge in [0.15, 0.2) is 0 Å². The first kappa shape index (κ1) is 13.6. The summed E-state index contributed by atoms with van der Waals surface area (Å²) in [7, 11) is 0. The molecule has 0 bridgehead atoms. The Morgan fingerprint density at radius 2 is 2.00 bits per heavy atom. The number of hydrogen-bond donors (Lipinski definition) is 2. The van der Waals surface area contributed by atoms with Crippen LogP contribution in [-0.4, -0.2) is 19.0 Å². The highest BCUT2D eigenvalue weighted by atomic mass is 32.1. The fourth-order valence-electron chi connectivity index (χ4n) is 1.70. The minimum Gasteiger partial charge on any atom is -0.376 e. The second-order valence-corrected chi connectivity index (χ2v) is 5.43. The molecule has 0 aliphatic heterocycles. The Hall–Kier alpha value is -1.81. The van der Waals surface area contributed by atoms with E-state index in [1.54, 1.807) is 11.3 Å². The second kappa shape index (κ2) is 6.95. The average Bonchev–Trinajstić information content (AvgIpc) is 2.91. The Bertz CT molecular complexity index is 505. The van der Waals surface area contributed by atoms with E-state index in [0.717, 1.165) is 12.1 Å². The van der Waals surface area contributed by atoms with Crippen LogP contribution in [0.5, 0.6) is 0 Å². The number of benzene rings is 1. The van der Waals surface area contributed by atoms with E-state index in [-0.39, 0.29) is 5.91 Å². The predicted octanol–water partition coefficient (Wildman–Crippen LogP) is 2.83. The van der Waals surface area contributed by atoms with Gasteiger partial charge in [0.2, 0.25) is 5.91 Å². The van der Waals surface area contributed by atoms with Gasteiger partial charge in [-0.15, -0.1) is 11.3 Å². The van der Waals surface area contributed by atoms with Gasteiger partial charge in [-0.25, -0.2) is 0 Å². The monoisotopic (exact) mass is 274 g/mol. The average molecular weight is 274 g/mol. The summed E-state index contributed by atoms with van der Waals surface area (Å²) >= 11 is 1.72. The molecule has 0 fully saturated rings. The van der Waals surface area contributed by atoms with Crippen molar-refractivity contribution in [1.29, 1.82) is 0 Å². The molecule has 0 saturated heterocycles. The standard InChI is InChI=1S/C15H18N2OS/c1-12-4-6-13(7-5-12)17-11-15(18)16-9-8-14-3-2-10-19-14/h2-7,10,17H,8-9,11H2,1H3,(H,16,18). The Morgan fingerprint density at radius 3 is 2.68 bits per heavy atom. The predicted molar refractivity (Wildman–Crippen MR) is 80.7 cm³/mol. The maximum absolute atomic E-state index is 11.6. The van der Waals surface area contributed by atoms with Crippen LogP contribution in [0.1, 0.15) is 10.4 Å². The van der Waals surface area contributed by atoms with Crippen molar-refractivity contribution in [2.45, 2.75) is 13.3 Å². The van der Waals surface area contributed by atoms with Crippen molar-refractivity contribution >= 4 is 22.9 Å². The third-order valence-electron chi connectivity index (χ3n) is 2.78. The number of rotatable bonds is 6. The van der Waals surface area contributed by atoms with Crippen LogP contribution in [-0.2, 0) is 11.2 Å². The molecule has 1 aromatic heterocycles. The molecule has 1 amide bonds. The molecule has 2 rings (SSSR count). The molecule has 0 atom stereocenters. The van der Waals surface area contributed by atoms with Gasteiger partial charge < -0.3 is 10.6 Å². The van der Waals surface area contributed by atoms with Crippen molar-refractivity contribution in [1.82, 2.24) is 5.32 Å². The molecule has 0 aliphatic carbocycles. The fraction of sp³-hybridized carbons (Fsp3) is 0.267. The van der Waals surface area contributed by atoms with Gasteiger partial charge in [0.1, 0.15) is 0 Å². The van der Waals surface area contributed by atoms with Crippen molar-refractivity contribution in [3.63, 3.8) is 0 Å². The van der Waals surface area contributed by atoms with Gasteiger partial charge in [-0.05, 0) is 36.9 Å². The number of aryl methyl sites for hydroxylation is 1. The van der Waals surface area contributed by atoms with E-state index >= 15 is 0 Å². The van der Waals surface area contributed by atoms with E-state index in [9.17, 15) is 4.79 Å². The topological polar surface area (TPSA) is 41.1 Å². The summed E-state index contributed by atoms with van der Waals surface area (Å²) in [5, 5.41) is 8.07. The highest BCUT2D eigenvalue weighted by molar-refractivity contribution is 7.09. The summed E-state index contributed by atoms with van der Waals surface area (Å²) in [6.07, 6.45) is 0.897. The lowest BCUT2D eigenvalue weighted by molar-refractivity contribution is -0.119. The molecule has 1 aromatic carbocycles. The van der Waals surface area contributed by atoms with E-state index in [1.807, 2.05) is 37.3 Å². The minimum absolute atomic E-state index is 0.0251. The molecule has 2 aromatic rings. The van der Waals surface area contributed by atoms with Crippen molar-refractivity contribution in [2.24, 2.45) is 0 Å². The summed E-state index contributed by atoms with van der Waals surface area (Å²) in [6.45, 7) is 3.05. The maximum Gasteiger partial charge on any atom is 0.239 e. The molecular formula is C15H18N2OS. The minimum atomic E-state index is 0.0251. The number of carbonyl (C=O) groups is 1. The SMILES string of the molecule is Cc1ccc(NCC(=O)NCCc2cccs2)cc1. The first-order chi connectivity index (χ1) is 9.24. The molecule has 0 radical (unpaired) electrons. The number of amides is 1. The van der Waals surface area contributed by atoms with Crippen LogP contribution in [0.25, 0.3) is 0 Å². The maximum atomic E-state index is 11.6. The molecule has 19 heavy (non-hydrogen) atoms. The molecule has 0 spiro atoms. The molecule has 3 nitrogen and oxygen atoms in total. The van der Waals surface area contributed by atoms with E-state index < -0.39 is 0 Å². The molecule has 2 N–H and O–H groups in total. The van der Waals surface area contributed by atoms with Gasteiger partial charge in [0, 0.05) is 17.1 Å². The van der Waals surface area contributed by atoms with Gasteiger partial charge in [0.05, 0.1) is 6.54 Å². The summed E-state index contributed by atoms with van der Waals surface area (Å²) < 4.78 is 0. The summed E-state index contributed by atoms with van der Waals surface area (Å²) in [4.78, 5) is 12.9. The van der Waals surface area contributed by atoms with Crippen molar-refractivity contribution in [2.75, 3.05) is 18.4 Å². The molecule has 100 valence electrons. The fourth-order valence-corrected chi connectivity index (χ4v) is 2.41. The third kappa shape index (κ3) is 4.75. The zero-order valence-electron chi connectivity index (χ0n) is 11.0. The summed E-state index contributed by atoms with van der Waals surface area (Å²) in [5.74, 6) is 0.0251. The van der Waals surface area contributed by atoms with Gasteiger partial charge in [-0.3, -0.25) is 4.79 Å². The van der Waals surface area contributed by atoms with Crippen LogP contribution in [0, 0.1) is 6.92 Å². The largest absolute Gasteiger partial charge is 0.376 e. The molecule has 0 saturated carbocycles. The molecule has 0 unspecified atom stereocenters. The Morgan fingerprint density at radius 1 is 1.21 bits per heavy atom. The number of anilines is 1. The van der Waals surface area contributed by atoms with Gasteiger partial charge in [0.25, 0.3) is 0 Å². The van der Waals surface area contributed by atoms with E-state index in [1.165, 1.54) is 10.4 Å². The normalized spacial score (nSPS) is 10.2. The lowest BCUT2D eigenvalue weighted by atomic mass is 10.2. The zero-order chi connectivity index (χ0) is 13.5. The molecule has 0 aliphatic rings. The highest BCUT2D eigenvalue weighted by Gasteiger charge is 2.01. The Labute approximate surface area is 117 Å². The van der Waals surface area contributed by atoms with Gasteiger partial charge >= 0.3 is 0 Å². The van der Waals surface area contributed by atoms with Crippen LogP contribution in [0.15, 0.2) is 41.8 Å². The van der Waals surface area contributed by atoms with E-state index in [2.05, 4.69) is 22.1 Å².